The number of rotatable bonds is 4. The molecule has 0 N–H and O–H groups in total. The molecule has 0 spiro atoms. The van der Waals surface area contributed by atoms with E-state index in [1.54, 1.807) is 6.07 Å². The molecule has 1 saturated heterocycles. The zero-order chi connectivity index (χ0) is 15.6. The van der Waals surface area contributed by atoms with Gasteiger partial charge in [-0.2, -0.15) is 4.31 Å². The summed E-state index contributed by atoms with van der Waals surface area (Å²) in [5.74, 6) is 0.655. The van der Waals surface area contributed by atoms with Crippen LogP contribution in [0.25, 0.3) is 0 Å². The highest BCUT2D eigenvalue weighted by Gasteiger charge is 2.30. The minimum absolute atomic E-state index is 0.0762. The number of carbonyl (C=O) groups is 1. The van der Waals surface area contributed by atoms with Gasteiger partial charge in [0.05, 0.1) is 7.11 Å². The predicted octanol–water partition coefficient (Wildman–Crippen LogP) is 2.32. The van der Waals surface area contributed by atoms with E-state index in [-0.39, 0.29) is 16.4 Å². The van der Waals surface area contributed by atoms with Gasteiger partial charge in [0.1, 0.15) is 10.6 Å². The molecule has 1 fully saturated rings. The summed E-state index contributed by atoms with van der Waals surface area (Å²) >= 11 is 0. The first-order valence-corrected chi connectivity index (χ1v) is 8.49. The molecule has 0 unspecified atom stereocenters. The highest BCUT2D eigenvalue weighted by Crippen LogP contribution is 2.30. The molecular weight excluding hydrogens is 290 g/mol. The molecule has 0 aromatic heterocycles. The van der Waals surface area contributed by atoms with Crippen LogP contribution in [0, 0.1) is 5.92 Å². The Balaban J connectivity index is 2.43. The van der Waals surface area contributed by atoms with Crippen LogP contribution >= 0.6 is 0 Å². The number of ether oxygens (including phenoxy) is 1. The molecule has 116 valence electrons. The van der Waals surface area contributed by atoms with Crippen LogP contribution in [0.2, 0.25) is 0 Å². The minimum atomic E-state index is -3.63. The Kier molecular flexibility index (Phi) is 4.68. The molecule has 0 radical (unpaired) electrons. The maximum absolute atomic E-state index is 12.8. The number of hydrogen-bond donors (Lipinski definition) is 0. The highest BCUT2D eigenvalue weighted by atomic mass is 32.2. The average molecular weight is 311 g/mol. The Morgan fingerprint density at radius 3 is 2.43 bits per heavy atom. The normalized spacial score (nSPS) is 17.7. The number of ketones is 1. The first-order chi connectivity index (χ1) is 9.86. The number of hydrogen-bond acceptors (Lipinski definition) is 4. The molecule has 1 aliphatic heterocycles. The standard InChI is InChI=1S/C15H21NO4S/c1-11-6-8-16(9-7-11)21(18,19)15-10-13(12(2)17)4-5-14(15)20-3/h4-5,10-11H,6-9H2,1-3H3. The average Bonchev–Trinajstić information content (AvgIpc) is 2.46. The van der Waals surface area contributed by atoms with E-state index in [4.69, 9.17) is 4.74 Å². The van der Waals surface area contributed by atoms with Crippen LogP contribution in [0.5, 0.6) is 5.75 Å². The Labute approximate surface area is 126 Å². The fourth-order valence-corrected chi connectivity index (χ4v) is 4.11. The van der Waals surface area contributed by atoms with Crippen LogP contribution in [0.3, 0.4) is 0 Å². The molecule has 1 aromatic rings. The third-order valence-electron chi connectivity index (χ3n) is 3.93. The van der Waals surface area contributed by atoms with Crippen molar-refractivity contribution in [2.75, 3.05) is 20.2 Å². The Morgan fingerprint density at radius 1 is 1.29 bits per heavy atom. The molecule has 1 aliphatic rings. The van der Waals surface area contributed by atoms with Crippen molar-refractivity contribution in [3.63, 3.8) is 0 Å². The van der Waals surface area contributed by atoms with Gasteiger partial charge in [-0.15, -0.1) is 0 Å². The van der Waals surface area contributed by atoms with E-state index in [0.29, 0.717) is 24.6 Å². The van der Waals surface area contributed by atoms with Gasteiger partial charge in [0, 0.05) is 18.7 Å². The van der Waals surface area contributed by atoms with Gasteiger partial charge >= 0.3 is 0 Å². The van der Waals surface area contributed by atoms with Crippen molar-refractivity contribution in [3.8, 4) is 5.75 Å². The van der Waals surface area contributed by atoms with Crippen molar-refractivity contribution in [1.82, 2.24) is 4.31 Å². The summed E-state index contributed by atoms with van der Waals surface area (Å²) < 4.78 is 32.2. The van der Waals surface area contributed by atoms with Gasteiger partial charge in [-0.05, 0) is 43.9 Å². The highest BCUT2D eigenvalue weighted by molar-refractivity contribution is 7.89. The minimum Gasteiger partial charge on any atom is -0.495 e. The van der Waals surface area contributed by atoms with Crippen molar-refractivity contribution >= 4 is 15.8 Å². The van der Waals surface area contributed by atoms with Crippen molar-refractivity contribution in [3.05, 3.63) is 23.8 Å². The quantitative estimate of drug-likeness (QED) is 0.801. The van der Waals surface area contributed by atoms with Crippen LogP contribution in [-0.2, 0) is 10.0 Å². The lowest BCUT2D eigenvalue weighted by atomic mass is 10.0. The van der Waals surface area contributed by atoms with Crippen molar-refractivity contribution in [1.29, 1.82) is 0 Å². The fraction of sp³-hybridized carbons (Fsp3) is 0.533. The zero-order valence-corrected chi connectivity index (χ0v) is 13.4. The SMILES string of the molecule is COc1ccc(C(C)=O)cc1S(=O)(=O)N1CCC(C)CC1. The number of benzene rings is 1. The van der Waals surface area contributed by atoms with Crippen LogP contribution in [0.1, 0.15) is 37.0 Å². The summed E-state index contributed by atoms with van der Waals surface area (Å²) in [5.41, 5.74) is 0.375. The molecule has 6 heteroatoms. The van der Waals surface area contributed by atoms with E-state index >= 15 is 0 Å². The molecule has 0 bridgehead atoms. The molecule has 1 heterocycles. The number of nitrogens with zero attached hydrogens (tertiary/aromatic N) is 1. The topological polar surface area (TPSA) is 63.7 Å². The Morgan fingerprint density at radius 2 is 1.90 bits per heavy atom. The Hall–Kier alpha value is -1.40. The van der Waals surface area contributed by atoms with Gasteiger partial charge in [-0.3, -0.25) is 4.79 Å². The van der Waals surface area contributed by atoms with E-state index in [1.165, 1.54) is 30.5 Å². The monoisotopic (exact) mass is 311 g/mol. The van der Waals surface area contributed by atoms with Gasteiger partial charge in [-0.1, -0.05) is 6.92 Å². The maximum atomic E-state index is 12.8. The van der Waals surface area contributed by atoms with E-state index < -0.39 is 10.0 Å². The van der Waals surface area contributed by atoms with Crippen LogP contribution in [0.15, 0.2) is 23.1 Å². The van der Waals surface area contributed by atoms with E-state index in [2.05, 4.69) is 6.92 Å². The van der Waals surface area contributed by atoms with Gasteiger partial charge in [0.25, 0.3) is 0 Å². The summed E-state index contributed by atoms with van der Waals surface area (Å²) in [7, 11) is -2.20. The number of piperidine rings is 1. The largest absolute Gasteiger partial charge is 0.495 e. The lowest BCUT2D eigenvalue weighted by molar-refractivity contribution is 0.101. The predicted molar refractivity (Wildman–Crippen MR) is 80.2 cm³/mol. The summed E-state index contributed by atoms with van der Waals surface area (Å²) in [5, 5.41) is 0. The third-order valence-corrected chi connectivity index (χ3v) is 5.85. The summed E-state index contributed by atoms with van der Waals surface area (Å²) in [6, 6.07) is 4.53. The summed E-state index contributed by atoms with van der Waals surface area (Å²) in [6.07, 6.45) is 1.71. The lowest BCUT2D eigenvalue weighted by Gasteiger charge is -2.29. The van der Waals surface area contributed by atoms with Gasteiger partial charge in [0.15, 0.2) is 5.78 Å². The van der Waals surface area contributed by atoms with E-state index in [9.17, 15) is 13.2 Å². The smallest absolute Gasteiger partial charge is 0.246 e. The van der Waals surface area contributed by atoms with E-state index in [1.807, 2.05) is 0 Å². The van der Waals surface area contributed by atoms with Crippen LogP contribution < -0.4 is 4.74 Å². The van der Waals surface area contributed by atoms with Gasteiger partial charge in [-0.25, -0.2) is 8.42 Å². The summed E-state index contributed by atoms with van der Waals surface area (Å²) in [6.45, 7) is 4.57. The molecule has 0 aliphatic carbocycles. The molecule has 0 atom stereocenters. The number of methoxy groups -OCH3 is 1. The first-order valence-electron chi connectivity index (χ1n) is 7.05. The third kappa shape index (κ3) is 3.27. The molecular formula is C15H21NO4S. The molecule has 0 saturated carbocycles. The van der Waals surface area contributed by atoms with Crippen LogP contribution in [-0.4, -0.2) is 38.7 Å². The summed E-state index contributed by atoms with van der Waals surface area (Å²) in [4.78, 5) is 11.6. The molecule has 0 amide bonds. The van der Waals surface area contributed by atoms with Crippen molar-refractivity contribution in [2.45, 2.75) is 31.6 Å². The zero-order valence-electron chi connectivity index (χ0n) is 12.6. The molecule has 21 heavy (non-hydrogen) atoms. The molecule has 2 rings (SSSR count). The van der Waals surface area contributed by atoms with Crippen molar-refractivity contribution in [2.24, 2.45) is 5.92 Å². The second kappa shape index (κ2) is 6.15. The molecule has 1 aromatic carbocycles. The lowest BCUT2D eigenvalue weighted by Crippen LogP contribution is -2.38. The first kappa shape index (κ1) is 16.0. The number of carbonyl (C=O) groups excluding carboxylic acids is 1. The number of sulfonamides is 1. The van der Waals surface area contributed by atoms with E-state index in [0.717, 1.165) is 12.8 Å². The maximum Gasteiger partial charge on any atom is 0.246 e. The second-order valence-electron chi connectivity index (χ2n) is 5.51. The van der Waals surface area contributed by atoms with Crippen LogP contribution in [0.4, 0.5) is 0 Å². The Bertz CT molecular complexity index is 631. The fourth-order valence-electron chi connectivity index (χ4n) is 2.46. The van der Waals surface area contributed by atoms with Crippen molar-refractivity contribution < 1.29 is 17.9 Å². The van der Waals surface area contributed by atoms with Gasteiger partial charge in [0.2, 0.25) is 10.0 Å². The van der Waals surface area contributed by atoms with Gasteiger partial charge < -0.3 is 4.74 Å². The number of Topliss-reactive ketones (excluding diaryl/α,β-unsaturated/α-hetero) is 1. The second-order valence-corrected chi connectivity index (χ2v) is 7.41. The molecule has 5 nitrogen and oxygen atoms in total.